The van der Waals surface area contributed by atoms with Crippen LogP contribution in [0.3, 0.4) is 0 Å². The molecule has 6 heteroatoms. The summed E-state index contributed by atoms with van der Waals surface area (Å²) in [5, 5.41) is 0. The van der Waals surface area contributed by atoms with Crippen LogP contribution in [0, 0.1) is 6.92 Å². The molecule has 1 aliphatic rings. The average molecular weight is 347 g/mol. The first-order valence-electron chi connectivity index (χ1n) is 7.92. The summed E-state index contributed by atoms with van der Waals surface area (Å²) in [6.07, 6.45) is -0.279. The van der Waals surface area contributed by atoms with E-state index in [-0.39, 0.29) is 6.10 Å². The van der Waals surface area contributed by atoms with Crippen LogP contribution in [0.25, 0.3) is 0 Å². The molecule has 0 amide bonds. The molecule has 0 bridgehead atoms. The second-order valence-electron chi connectivity index (χ2n) is 5.79. The van der Waals surface area contributed by atoms with Crippen molar-refractivity contribution in [2.75, 3.05) is 26.3 Å². The van der Waals surface area contributed by atoms with Gasteiger partial charge in [-0.25, -0.2) is 8.42 Å². The maximum absolute atomic E-state index is 12.7. The van der Waals surface area contributed by atoms with Crippen LogP contribution in [-0.4, -0.2) is 45.1 Å². The van der Waals surface area contributed by atoms with Crippen LogP contribution >= 0.6 is 0 Å². The average Bonchev–Trinajstić information content (AvgIpc) is 2.61. The number of nitrogens with zero attached hydrogens (tertiary/aromatic N) is 1. The maximum atomic E-state index is 12.7. The number of ether oxygens (including phenoxy) is 2. The van der Waals surface area contributed by atoms with Crippen molar-refractivity contribution in [2.45, 2.75) is 17.9 Å². The third-order valence-electron chi connectivity index (χ3n) is 3.94. The Morgan fingerprint density at radius 3 is 2.54 bits per heavy atom. The maximum Gasteiger partial charge on any atom is 0.243 e. The third kappa shape index (κ3) is 3.95. The second-order valence-corrected chi connectivity index (χ2v) is 7.73. The molecule has 0 aliphatic carbocycles. The minimum atomic E-state index is -3.50. The molecule has 1 atom stereocenters. The first-order chi connectivity index (χ1) is 11.6. The Hall–Kier alpha value is -1.89. The number of benzene rings is 2. The lowest BCUT2D eigenvalue weighted by Gasteiger charge is -2.32. The lowest BCUT2D eigenvalue weighted by Crippen LogP contribution is -2.47. The van der Waals surface area contributed by atoms with Gasteiger partial charge in [-0.2, -0.15) is 4.31 Å². The van der Waals surface area contributed by atoms with Gasteiger partial charge in [-0.3, -0.25) is 0 Å². The molecule has 2 aromatic carbocycles. The van der Waals surface area contributed by atoms with Crippen molar-refractivity contribution in [3.63, 3.8) is 0 Å². The third-order valence-corrected chi connectivity index (χ3v) is 5.82. The van der Waals surface area contributed by atoms with Crippen molar-refractivity contribution in [3.8, 4) is 5.75 Å². The molecule has 3 rings (SSSR count). The van der Waals surface area contributed by atoms with Crippen molar-refractivity contribution >= 4 is 10.0 Å². The van der Waals surface area contributed by atoms with E-state index < -0.39 is 10.0 Å². The van der Waals surface area contributed by atoms with Crippen molar-refractivity contribution < 1.29 is 17.9 Å². The van der Waals surface area contributed by atoms with Crippen LogP contribution in [-0.2, 0) is 14.8 Å². The van der Waals surface area contributed by atoms with E-state index in [9.17, 15) is 8.42 Å². The lowest BCUT2D eigenvalue weighted by molar-refractivity contribution is -0.0249. The summed E-state index contributed by atoms with van der Waals surface area (Å²) in [5.41, 5.74) is 1.03. The molecule has 1 aliphatic heterocycles. The van der Waals surface area contributed by atoms with Gasteiger partial charge in [0.2, 0.25) is 10.0 Å². The number of sulfonamides is 1. The normalized spacial score (nSPS) is 19.1. The summed E-state index contributed by atoms with van der Waals surface area (Å²) < 4.78 is 38.3. The molecule has 24 heavy (non-hydrogen) atoms. The molecule has 1 fully saturated rings. The Morgan fingerprint density at radius 1 is 1.12 bits per heavy atom. The van der Waals surface area contributed by atoms with E-state index in [1.165, 1.54) is 4.31 Å². The van der Waals surface area contributed by atoms with Gasteiger partial charge in [-0.05, 0) is 31.2 Å². The van der Waals surface area contributed by atoms with E-state index in [4.69, 9.17) is 9.47 Å². The fourth-order valence-corrected chi connectivity index (χ4v) is 4.03. The highest BCUT2D eigenvalue weighted by Crippen LogP contribution is 2.20. The van der Waals surface area contributed by atoms with Crippen LogP contribution < -0.4 is 4.74 Å². The van der Waals surface area contributed by atoms with Crippen molar-refractivity contribution in [3.05, 3.63) is 60.2 Å². The van der Waals surface area contributed by atoms with Gasteiger partial charge in [0.25, 0.3) is 0 Å². The van der Waals surface area contributed by atoms with Crippen molar-refractivity contribution in [1.82, 2.24) is 4.31 Å². The SMILES string of the molecule is Cc1ccc(S(=O)(=O)N2CCO[C@@H](COc3ccccc3)C2)cc1. The Kier molecular flexibility index (Phi) is 5.18. The van der Waals surface area contributed by atoms with Gasteiger partial charge in [-0.1, -0.05) is 35.9 Å². The van der Waals surface area contributed by atoms with Crippen LogP contribution in [0.5, 0.6) is 5.75 Å². The summed E-state index contributed by atoms with van der Waals surface area (Å²) in [6, 6.07) is 16.3. The predicted molar refractivity (Wildman–Crippen MR) is 91.6 cm³/mol. The molecule has 0 aromatic heterocycles. The number of rotatable bonds is 5. The van der Waals surface area contributed by atoms with Gasteiger partial charge in [0.1, 0.15) is 18.5 Å². The highest BCUT2D eigenvalue weighted by Gasteiger charge is 2.31. The zero-order chi connectivity index (χ0) is 17.0. The standard InChI is InChI=1S/C18H21NO4S/c1-15-7-9-18(10-8-15)24(20,21)19-11-12-22-17(13-19)14-23-16-5-3-2-4-6-16/h2-10,17H,11-14H2,1H3/t17-/m1/s1. The smallest absolute Gasteiger partial charge is 0.243 e. The Morgan fingerprint density at radius 2 is 1.83 bits per heavy atom. The Labute approximate surface area is 142 Å². The summed E-state index contributed by atoms with van der Waals surface area (Å²) in [7, 11) is -3.50. The monoisotopic (exact) mass is 347 g/mol. The van der Waals surface area contributed by atoms with Gasteiger partial charge in [0.05, 0.1) is 11.5 Å². The van der Waals surface area contributed by atoms with E-state index in [1.54, 1.807) is 12.1 Å². The van der Waals surface area contributed by atoms with Crippen molar-refractivity contribution in [2.24, 2.45) is 0 Å². The molecule has 0 spiro atoms. The van der Waals surface area contributed by atoms with Crippen LogP contribution in [0.2, 0.25) is 0 Å². The van der Waals surface area contributed by atoms with Crippen LogP contribution in [0.1, 0.15) is 5.56 Å². The van der Waals surface area contributed by atoms with E-state index in [0.717, 1.165) is 11.3 Å². The first-order valence-corrected chi connectivity index (χ1v) is 9.36. The highest BCUT2D eigenvalue weighted by molar-refractivity contribution is 7.89. The number of hydrogen-bond donors (Lipinski definition) is 0. The molecule has 5 nitrogen and oxygen atoms in total. The molecular weight excluding hydrogens is 326 g/mol. The van der Waals surface area contributed by atoms with Gasteiger partial charge in [0.15, 0.2) is 0 Å². The molecule has 0 N–H and O–H groups in total. The lowest BCUT2D eigenvalue weighted by atomic mass is 10.2. The number of para-hydroxylation sites is 1. The minimum absolute atomic E-state index is 0.279. The number of morpholine rings is 1. The Balaban J connectivity index is 1.65. The van der Waals surface area contributed by atoms with E-state index in [2.05, 4.69) is 0 Å². The molecule has 0 radical (unpaired) electrons. The second kappa shape index (κ2) is 7.34. The predicted octanol–water partition coefficient (Wildman–Crippen LogP) is 2.46. The van der Waals surface area contributed by atoms with E-state index in [0.29, 0.717) is 31.2 Å². The van der Waals surface area contributed by atoms with Gasteiger partial charge >= 0.3 is 0 Å². The topological polar surface area (TPSA) is 55.8 Å². The summed E-state index contributed by atoms with van der Waals surface area (Å²) in [4.78, 5) is 0.317. The fraction of sp³-hybridized carbons (Fsp3) is 0.333. The largest absolute Gasteiger partial charge is 0.491 e. The molecule has 2 aromatic rings. The van der Waals surface area contributed by atoms with E-state index in [1.807, 2.05) is 49.4 Å². The summed E-state index contributed by atoms with van der Waals surface area (Å²) in [6.45, 7) is 3.28. The Bertz CT molecular complexity index is 759. The van der Waals surface area contributed by atoms with E-state index >= 15 is 0 Å². The molecule has 0 unspecified atom stereocenters. The number of aryl methyl sites for hydroxylation is 1. The zero-order valence-electron chi connectivity index (χ0n) is 13.6. The van der Waals surface area contributed by atoms with Gasteiger partial charge < -0.3 is 9.47 Å². The first kappa shape index (κ1) is 17.0. The van der Waals surface area contributed by atoms with Crippen LogP contribution in [0.4, 0.5) is 0 Å². The summed E-state index contributed by atoms with van der Waals surface area (Å²) in [5.74, 6) is 0.750. The molecule has 1 saturated heterocycles. The zero-order valence-corrected chi connectivity index (χ0v) is 14.4. The minimum Gasteiger partial charge on any atom is -0.491 e. The molecule has 0 saturated carbocycles. The quantitative estimate of drug-likeness (QED) is 0.834. The molecular formula is C18H21NO4S. The summed E-state index contributed by atoms with van der Waals surface area (Å²) >= 11 is 0. The highest BCUT2D eigenvalue weighted by atomic mass is 32.2. The molecule has 128 valence electrons. The van der Waals surface area contributed by atoms with Gasteiger partial charge in [0, 0.05) is 13.1 Å². The fourth-order valence-electron chi connectivity index (χ4n) is 2.58. The molecule has 1 heterocycles. The van der Waals surface area contributed by atoms with Gasteiger partial charge in [-0.15, -0.1) is 0 Å². The number of hydrogen-bond acceptors (Lipinski definition) is 4. The van der Waals surface area contributed by atoms with Crippen LogP contribution in [0.15, 0.2) is 59.5 Å². The van der Waals surface area contributed by atoms with Crippen molar-refractivity contribution in [1.29, 1.82) is 0 Å².